The third-order valence-electron chi connectivity index (χ3n) is 11.1. The van der Waals surface area contributed by atoms with Crippen LogP contribution in [0.5, 0.6) is 0 Å². The summed E-state index contributed by atoms with van der Waals surface area (Å²) in [7, 11) is 3.05. The molecule has 4 atom stereocenters. The van der Waals surface area contributed by atoms with E-state index in [2.05, 4.69) is 17.4 Å². The molecule has 2 aromatic rings. The van der Waals surface area contributed by atoms with Crippen molar-refractivity contribution in [3.63, 3.8) is 0 Å². The van der Waals surface area contributed by atoms with Crippen LogP contribution in [0.3, 0.4) is 0 Å². The van der Waals surface area contributed by atoms with Crippen LogP contribution < -0.4 is 5.32 Å². The molecule has 11 heteroatoms. The summed E-state index contributed by atoms with van der Waals surface area (Å²) in [5.74, 6) is -3.02. The number of piperidine rings is 1. The number of alkyl carbamates (subject to hydrolysis) is 1. The summed E-state index contributed by atoms with van der Waals surface area (Å²) in [6.45, 7) is 4.96. The monoisotopic (exact) mass is 688 g/mol. The van der Waals surface area contributed by atoms with E-state index in [9.17, 15) is 29.1 Å². The van der Waals surface area contributed by atoms with Gasteiger partial charge in [-0.2, -0.15) is 0 Å². The second kappa shape index (κ2) is 16.5. The molecule has 2 fully saturated rings. The largest absolute Gasteiger partial charge is 0.481 e. The first-order valence-electron chi connectivity index (χ1n) is 18.2. The molecule has 1 heterocycles. The predicted molar refractivity (Wildman–Crippen MR) is 189 cm³/mol. The number of nitrogens with one attached hydrogen (secondary N) is 1. The lowest BCUT2D eigenvalue weighted by molar-refractivity contribution is -0.155. The quantitative estimate of drug-likeness (QED) is 0.293. The Morgan fingerprint density at radius 1 is 0.860 bits per heavy atom. The Morgan fingerprint density at radius 3 is 2.00 bits per heavy atom. The number of carboxylic acids is 1. The molecule has 1 saturated heterocycles. The minimum atomic E-state index is -1.19. The van der Waals surface area contributed by atoms with Gasteiger partial charge in [-0.25, -0.2) is 4.79 Å². The first-order chi connectivity index (χ1) is 24.0. The standard InChI is InChI=1S/C39H52N4O7/c1-5-25(2)34(40-39(49)50-24-31-29-19-11-9-17-27(29)28-18-10-12-20-30(28)31)37(47)42(4)35(26-15-7-8-16-26)38(48)41(3)32(23-33(44)45)36(46)43-21-13-6-14-22-43/h9-12,17-20,25-26,31-32,34-35H,5-8,13-16,21-24H2,1-4H3,(H,40,49)(H,44,45)/t25-,32-,34-,35+/m0/s1. The number of fused-ring (bicyclic) bond motifs is 3. The highest BCUT2D eigenvalue weighted by Crippen LogP contribution is 2.44. The fraction of sp³-hybridized carbons (Fsp3) is 0.564. The molecule has 1 aliphatic heterocycles. The molecule has 0 radical (unpaired) electrons. The molecule has 0 spiro atoms. The van der Waals surface area contributed by atoms with Crippen molar-refractivity contribution < 1.29 is 33.8 Å². The highest BCUT2D eigenvalue weighted by Gasteiger charge is 2.44. The molecule has 3 aliphatic rings. The van der Waals surface area contributed by atoms with Gasteiger partial charge in [-0.1, -0.05) is 81.6 Å². The van der Waals surface area contributed by atoms with Gasteiger partial charge in [0.15, 0.2) is 0 Å². The molecular formula is C39H52N4O7. The average Bonchev–Trinajstić information content (AvgIpc) is 3.77. The number of aliphatic carboxylic acids is 1. The van der Waals surface area contributed by atoms with E-state index in [4.69, 9.17) is 4.74 Å². The van der Waals surface area contributed by atoms with Crippen LogP contribution in [0, 0.1) is 11.8 Å². The van der Waals surface area contributed by atoms with Crippen LogP contribution in [-0.2, 0) is 23.9 Å². The van der Waals surface area contributed by atoms with E-state index in [0.29, 0.717) is 19.5 Å². The van der Waals surface area contributed by atoms with Gasteiger partial charge < -0.3 is 29.9 Å². The fourth-order valence-electron chi connectivity index (χ4n) is 8.01. The van der Waals surface area contributed by atoms with E-state index in [1.165, 1.54) is 16.8 Å². The Bertz CT molecular complexity index is 1500. The second-order valence-corrected chi connectivity index (χ2v) is 14.2. The van der Waals surface area contributed by atoms with Crippen molar-refractivity contribution >= 4 is 29.8 Å². The van der Waals surface area contributed by atoms with Crippen molar-refractivity contribution in [2.24, 2.45) is 11.8 Å². The minimum absolute atomic E-state index is 0.0983. The lowest BCUT2D eigenvalue weighted by Gasteiger charge is -2.40. The van der Waals surface area contributed by atoms with E-state index in [-0.39, 0.29) is 30.3 Å². The van der Waals surface area contributed by atoms with Gasteiger partial charge in [0.25, 0.3) is 0 Å². The summed E-state index contributed by atoms with van der Waals surface area (Å²) < 4.78 is 5.80. The van der Waals surface area contributed by atoms with Crippen molar-refractivity contribution in [2.45, 2.75) is 95.7 Å². The smallest absolute Gasteiger partial charge is 0.407 e. The minimum Gasteiger partial charge on any atom is -0.481 e. The van der Waals surface area contributed by atoms with Crippen molar-refractivity contribution in [2.75, 3.05) is 33.8 Å². The molecule has 0 unspecified atom stereocenters. The van der Waals surface area contributed by atoms with Gasteiger partial charge in [0.2, 0.25) is 17.7 Å². The fourth-order valence-corrected chi connectivity index (χ4v) is 8.01. The zero-order chi connectivity index (χ0) is 35.9. The van der Waals surface area contributed by atoms with Gasteiger partial charge in [0.1, 0.15) is 24.7 Å². The Hall–Kier alpha value is -4.41. The number of nitrogens with zero attached hydrogens (tertiary/aromatic N) is 3. The maximum Gasteiger partial charge on any atom is 0.407 e. The van der Waals surface area contributed by atoms with Crippen LogP contribution in [0.15, 0.2) is 48.5 Å². The molecule has 4 amide bonds. The Kier molecular flexibility index (Phi) is 12.2. The second-order valence-electron chi connectivity index (χ2n) is 14.2. The summed E-state index contributed by atoms with van der Waals surface area (Å²) >= 11 is 0. The number of benzene rings is 2. The molecule has 5 rings (SSSR count). The van der Waals surface area contributed by atoms with Gasteiger partial charge in [-0.15, -0.1) is 0 Å². The highest BCUT2D eigenvalue weighted by atomic mass is 16.5. The molecule has 2 N–H and O–H groups in total. The van der Waals surface area contributed by atoms with Gasteiger partial charge in [-0.3, -0.25) is 19.2 Å². The summed E-state index contributed by atoms with van der Waals surface area (Å²) in [6, 6.07) is 13.1. The van der Waals surface area contributed by atoms with E-state index in [1.54, 1.807) is 11.9 Å². The summed E-state index contributed by atoms with van der Waals surface area (Å²) in [4.78, 5) is 71.9. The van der Waals surface area contributed by atoms with E-state index in [1.807, 2.05) is 50.2 Å². The van der Waals surface area contributed by atoms with Crippen LogP contribution in [0.25, 0.3) is 11.1 Å². The van der Waals surface area contributed by atoms with Crippen LogP contribution in [-0.4, -0.2) is 102 Å². The molecule has 50 heavy (non-hydrogen) atoms. The zero-order valence-corrected chi connectivity index (χ0v) is 29.8. The van der Waals surface area contributed by atoms with Gasteiger partial charge >= 0.3 is 12.1 Å². The maximum absolute atomic E-state index is 14.4. The number of hydrogen-bond acceptors (Lipinski definition) is 6. The number of hydrogen-bond donors (Lipinski definition) is 2. The predicted octanol–water partition coefficient (Wildman–Crippen LogP) is 5.27. The molecule has 11 nitrogen and oxygen atoms in total. The molecule has 2 aliphatic carbocycles. The lowest BCUT2D eigenvalue weighted by Crippen LogP contribution is -2.60. The molecule has 1 saturated carbocycles. The van der Waals surface area contributed by atoms with Crippen LogP contribution in [0.1, 0.15) is 88.7 Å². The van der Waals surface area contributed by atoms with Gasteiger partial charge in [-0.05, 0) is 66.2 Å². The lowest BCUT2D eigenvalue weighted by atomic mass is 9.92. The van der Waals surface area contributed by atoms with Crippen molar-refractivity contribution in [3.05, 3.63) is 59.7 Å². The highest BCUT2D eigenvalue weighted by molar-refractivity contribution is 5.95. The number of likely N-dealkylation sites (N-methyl/N-ethyl adjacent to an activating group) is 2. The van der Waals surface area contributed by atoms with Gasteiger partial charge in [0.05, 0.1) is 6.42 Å². The Labute approximate surface area is 295 Å². The topological polar surface area (TPSA) is 137 Å². The van der Waals surface area contributed by atoms with Gasteiger partial charge in [0, 0.05) is 33.1 Å². The van der Waals surface area contributed by atoms with E-state index < -0.39 is 48.4 Å². The first kappa shape index (κ1) is 36.9. The number of amides is 4. The average molecular weight is 689 g/mol. The Balaban J connectivity index is 1.32. The third-order valence-corrected chi connectivity index (χ3v) is 11.1. The van der Waals surface area contributed by atoms with Crippen molar-refractivity contribution in [1.82, 2.24) is 20.0 Å². The molecule has 0 bridgehead atoms. The van der Waals surface area contributed by atoms with Crippen LogP contribution in [0.4, 0.5) is 4.79 Å². The SMILES string of the molecule is CC[C@H](C)[C@H](NC(=O)OCC1c2ccccc2-c2ccccc21)C(=O)N(C)[C@@H](C(=O)N(C)[C@@H](CC(=O)O)C(=O)N1CCCCC1)C1CCCC1. The number of carbonyl (C=O) groups excluding carboxylic acids is 4. The molecule has 270 valence electrons. The number of carboxylic acid groups (broad SMARTS) is 1. The molecule has 2 aromatic carbocycles. The van der Waals surface area contributed by atoms with Crippen molar-refractivity contribution in [1.29, 1.82) is 0 Å². The summed E-state index contributed by atoms with van der Waals surface area (Å²) in [5, 5.41) is 12.6. The normalized spacial score (nSPS) is 18.3. The number of likely N-dealkylation sites (tertiary alicyclic amines) is 1. The molecular weight excluding hydrogens is 636 g/mol. The third kappa shape index (κ3) is 7.97. The first-order valence-corrected chi connectivity index (χ1v) is 18.2. The summed E-state index contributed by atoms with van der Waals surface area (Å²) in [5.41, 5.74) is 4.39. The van der Waals surface area contributed by atoms with E-state index >= 15 is 0 Å². The van der Waals surface area contributed by atoms with Crippen molar-refractivity contribution in [3.8, 4) is 11.1 Å². The molecule has 0 aromatic heterocycles. The van der Waals surface area contributed by atoms with E-state index in [0.717, 1.165) is 67.2 Å². The zero-order valence-electron chi connectivity index (χ0n) is 29.8. The number of carbonyl (C=O) groups is 5. The summed E-state index contributed by atoms with van der Waals surface area (Å²) in [6.07, 6.45) is 5.26. The number of ether oxygens (including phenoxy) is 1. The van der Waals surface area contributed by atoms with Crippen LogP contribution in [0.2, 0.25) is 0 Å². The maximum atomic E-state index is 14.4. The Morgan fingerprint density at radius 2 is 1.44 bits per heavy atom. The van der Waals surface area contributed by atoms with Crippen LogP contribution >= 0.6 is 0 Å². The number of rotatable bonds is 13.